The summed E-state index contributed by atoms with van der Waals surface area (Å²) in [5, 5.41) is 4.50. The van der Waals surface area contributed by atoms with Gasteiger partial charge in [-0.3, -0.25) is 0 Å². The van der Waals surface area contributed by atoms with Crippen LogP contribution in [0, 0.1) is 6.92 Å². The van der Waals surface area contributed by atoms with Crippen molar-refractivity contribution in [2.75, 3.05) is 0 Å². The number of hydrogen-bond donors (Lipinski definition) is 1. The highest BCUT2D eigenvalue weighted by Gasteiger charge is 2.06. The van der Waals surface area contributed by atoms with E-state index >= 15 is 0 Å². The molecule has 0 aliphatic heterocycles. The highest BCUT2D eigenvalue weighted by atomic mass is 15.0. The third-order valence-corrected chi connectivity index (χ3v) is 3.62. The predicted molar refractivity (Wildman–Crippen MR) is 93.1 cm³/mol. The summed E-state index contributed by atoms with van der Waals surface area (Å²) in [6.45, 7) is 10.4. The summed E-state index contributed by atoms with van der Waals surface area (Å²) in [4.78, 5) is 4.55. The summed E-state index contributed by atoms with van der Waals surface area (Å²) in [6.07, 6.45) is 3.97. The number of nitrogens with one attached hydrogen (secondary N) is 1. The lowest BCUT2D eigenvalue weighted by molar-refractivity contribution is 0.718. The highest BCUT2D eigenvalue weighted by Crippen LogP contribution is 2.21. The Morgan fingerprint density at radius 3 is 2.59 bits per heavy atom. The molecular formula is C19H21N3. The number of rotatable bonds is 4. The van der Waals surface area contributed by atoms with E-state index in [4.69, 9.17) is 0 Å². The minimum Gasteiger partial charge on any atom is -0.383 e. The SMILES string of the molecule is C=C(NC(C)C)c1ccc(-n2ccc3cc(C)cnc32)cc1. The van der Waals surface area contributed by atoms with Crippen molar-refractivity contribution in [1.29, 1.82) is 0 Å². The molecule has 0 unspecified atom stereocenters. The molecule has 0 saturated heterocycles. The van der Waals surface area contributed by atoms with E-state index in [-0.39, 0.29) is 0 Å². The lowest BCUT2D eigenvalue weighted by Gasteiger charge is -2.13. The molecule has 0 saturated carbocycles. The van der Waals surface area contributed by atoms with Gasteiger partial charge in [0.2, 0.25) is 0 Å². The lowest BCUT2D eigenvalue weighted by atomic mass is 10.1. The van der Waals surface area contributed by atoms with Gasteiger partial charge in [0.1, 0.15) is 5.65 Å². The summed E-state index contributed by atoms with van der Waals surface area (Å²) in [6, 6.07) is 13.0. The van der Waals surface area contributed by atoms with Crippen LogP contribution in [0.3, 0.4) is 0 Å². The topological polar surface area (TPSA) is 29.9 Å². The minimum absolute atomic E-state index is 0.382. The van der Waals surface area contributed by atoms with Crippen molar-refractivity contribution in [3.63, 3.8) is 0 Å². The first kappa shape index (κ1) is 14.4. The van der Waals surface area contributed by atoms with E-state index in [0.29, 0.717) is 6.04 Å². The van der Waals surface area contributed by atoms with Crippen molar-refractivity contribution in [3.8, 4) is 5.69 Å². The van der Waals surface area contributed by atoms with Crippen molar-refractivity contribution in [2.24, 2.45) is 0 Å². The summed E-state index contributed by atoms with van der Waals surface area (Å²) >= 11 is 0. The summed E-state index contributed by atoms with van der Waals surface area (Å²) in [5.41, 5.74) is 5.33. The molecule has 3 rings (SSSR count). The van der Waals surface area contributed by atoms with Crippen LogP contribution in [-0.4, -0.2) is 15.6 Å². The molecular weight excluding hydrogens is 270 g/mol. The van der Waals surface area contributed by atoms with Gasteiger partial charge in [0.25, 0.3) is 0 Å². The van der Waals surface area contributed by atoms with Gasteiger partial charge >= 0.3 is 0 Å². The Morgan fingerprint density at radius 1 is 1.18 bits per heavy atom. The van der Waals surface area contributed by atoms with E-state index in [2.05, 4.69) is 84.8 Å². The minimum atomic E-state index is 0.382. The number of aryl methyl sites for hydroxylation is 1. The zero-order valence-corrected chi connectivity index (χ0v) is 13.3. The van der Waals surface area contributed by atoms with Crippen LogP contribution < -0.4 is 5.32 Å². The van der Waals surface area contributed by atoms with Crippen LogP contribution in [0.25, 0.3) is 22.4 Å². The molecule has 0 bridgehead atoms. The smallest absolute Gasteiger partial charge is 0.144 e. The second-order valence-corrected chi connectivity index (χ2v) is 5.94. The molecule has 0 atom stereocenters. The van der Waals surface area contributed by atoms with Gasteiger partial charge < -0.3 is 9.88 Å². The van der Waals surface area contributed by atoms with Crippen LogP contribution in [0.15, 0.2) is 55.4 Å². The van der Waals surface area contributed by atoms with Crippen molar-refractivity contribution in [1.82, 2.24) is 14.9 Å². The van der Waals surface area contributed by atoms with Crippen LogP contribution in [0.5, 0.6) is 0 Å². The molecule has 3 heteroatoms. The lowest BCUT2D eigenvalue weighted by Crippen LogP contribution is -2.20. The number of pyridine rings is 1. The Kier molecular flexibility index (Phi) is 3.72. The van der Waals surface area contributed by atoms with Gasteiger partial charge in [0.15, 0.2) is 0 Å². The van der Waals surface area contributed by atoms with Gasteiger partial charge in [0, 0.05) is 35.2 Å². The van der Waals surface area contributed by atoms with Gasteiger partial charge in [-0.2, -0.15) is 0 Å². The molecule has 2 heterocycles. The fraction of sp³-hybridized carbons (Fsp3) is 0.211. The zero-order chi connectivity index (χ0) is 15.7. The molecule has 0 radical (unpaired) electrons. The largest absolute Gasteiger partial charge is 0.383 e. The highest BCUT2D eigenvalue weighted by molar-refractivity contribution is 5.78. The van der Waals surface area contributed by atoms with Gasteiger partial charge in [-0.25, -0.2) is 4.98 Å². The summed E-state index contributed by atoms with van der Waals surface area (Å²) < 4.78 is 2.11. The number of hydrogen-bond acceptors (Lipinski definition) is 2. The van der Waals surface area contributed by atoms with E-state index in [1.165, 1.54) is 5.56 Å². The molecule has 0 spiro atoms. The summed E-state index contributed by atoms with van der Waals surface area (Å²) in [7, 11) is 0. The Hall–Kier alpha value is -2.55. The normalized spacial score (nSPS) is 11.1. The van der Waals surface area contributed by atoms with Crippen LogP contribution in [0.4, 0.5) is 0 Å². The molecule has 22 heavy (non-hydrogen) atoms. The van der Waals surface area contributed by atoms with Gasteiger partial charge in [-0.1, -0.05) is 18.7 Å². The zero-order valence-electron chi connectivity index (χ0n) is 13.3. The predicted octanol–water partition coefficient (Wildman–Crippen LogP) is 4.30. The molecule has 3 nitrogen and oxygen atoms in total. The van der Waals surface area contributed by atoms with Crippen molar-refractivity contribution >= 4 is 16.7 Å². The molecule has 0 fully saturated rings. The van der Waals surface area contributed by atoms with Crippen molar-refractivity contribution in [2.45, 2.75) is 26.8 Å². The Bertz CT molecular complexity index is 810. The molecule has 2 aromatic heterocycles. The quantitative estimate of drug-likeness (QED) is 0.776. The average Bonchev–Trinajstić information content (AvgIpc) is 2.89. The van der Waals surface area contributed by atoms with Crippen LogP contribution in [0.2, 0.25) is 0 Å². The van der Waals surface area contributed by atoms with Gasteiger partial charge in [-0.15, -0.1) is 0 Å². The third kappa shape index (κ3) is 2.75. The van der Waals surface area contributed by atoms with E-state index in [0.717, 1.165) is 28.0 Å². The number of aromatic nitrogens is 2. The second kappa shape index (κ2) is 5.68. The van der Waals surface area contributed by atoms with Crippen LogP contribution in [-0.2, 0) is 0 Å². The number of fused-ring (bicyclic) bond motifs is 1. The maximum Gasteiger partial charge on any atom is 0.144 e. The Labute approximate surface area is 131 Å². The van der Waals surface area contributed by atoms with E-state index in [1.807, 2.05) is 6.20 Å². The molecule has 3 aromatic rings. The summed E-state index contributed by atoms with van der Waals surface area (Å²) in [5.74, 6) is 0. The van der Waals surface area contributed by atoms with Crippen molar-refractivity contribution < 1.29 is 0 Å². The molecule has 112 valence electrons. The maximum atomic E-state index is 4.55. The van der Waals surface area contributed by atoms with Gasteiger partial charge in [-0.05, 0) is 56.2 Å². The number of nitrogens with zero attached hydrogens (tertiary/aromatic N) is 2. The molecule has 0 amide bonds. The Morgan fingerprint density at radius 2 is 1.91 bits per heavy atom. The van der Waals surface area contributed by atoms with Gasteiger partial charge in [0.05, 0.1) is 0 Å². The van der Waals surface area contributed by atoms with E-state index in [1.54, 1.807) is 0 Å². The molecule has 0 aliphatic carbocycles. The monoisotopic (exact) mass is 291 g/mol. The fourth-order valence-electron chi connectivity index (χ4n) is 2.60. The molecule has 1 N–H and O–H groups in total. The first-order valence-electron chi connectivity index (χ1n) is 7.54. The van der Waals surface area contributed by atoms with Crippen molar-refractivity contribution in [3.05, 3.63) is 66.5 Å². The van der Waals surface area contributed by atoms with Crippen LogP contribution >= 0.6 is 0 Å². The maximum absolute atomic E-state index is 4.55. The second-order valence-electron chi connectivity index (χ2n) is 5.94. The standard InChI is InChI=1S/C19H21N3/c1-13(2)21-15(4)16-5-7-18(8-6-16)22-10-9-17-11-14(3)12-20-19(17)22/h5-13,21H,4H2,1-3H3. The van der Waals surface area contributed by atoms with Crippen LogP contribution in [0.1, 0.15) is 25.0 Å². The average molecular weight is 291 g/mol. The molecule has 1 aromatic carbocycles. The first-order valence-corrected chi connectivity index (χ1v) is 7.54. The first-order chi connectivity index (χ1) is 10.5. The molecule has 0 aliphatic rings. The Balaban J connectivity index is 1.93. The van der Waals surface area contributed by atoms with E-state index in [9.17, 15) is 0 Å². The van der Waals surface area contributed by atoms with E-state index < -0.39 is 0 Å². The number of benzene rings is 1. The third-order valence-electron chi connectivity index (χ3n) is 3.62. The fourth-order valence-corrected chi connectivity index (χ4v) is 2.60.